The molecular weight excluding hydrogens is 384 g/mol. The van der Waals surface area contributed by atoms with Gasteiger partial charge < -0.3 is 20.1 Å². The standard InChI is InChI=1S/C23H26N2O5/c1-15(2)12-18(16-8-4-3-5-9-16)24-21(26)14-29-22(27)13-20-23(28)25-17-10-6-7-11-19(17)30-20/h3-11,15,18,20H,12-14H2,1-2H3,(H,24,26)(H,25,28)/t18-,20+/m0/s1. The van der Waals surface area contributed by atoms with Crippen molar-refractivity contribution in [3.05, 3.63) is 60.2 Å². The van der Waals surface area contributed by atoms with Crippen molar-refractivity contribution < 1.29 is 23.9 Å². The SMILES string of the molecule is CC(C)C[C@H](NC(=O)COC(=O)C[C@H]1Oc2ccccc2NC1=O)c1ccccc1. The number of ether oxygens (including phenoxy) is 2. The van der Waals surface area contributed by atoms with E-state index < -0.39 is 30.5 Å². The van der Waals surface area contributed by atoms with Crippen LogP contribution in [0.1, 0.15) is 38.3 Å². The molecule has 2 amide bonds. The minimum absolute atomic E-state index is 0.165. The predicted molar refractivity (Wildman–Crippen MR) is 112 cm³/mol. The molecule has 158 valence electrons. The summed E-state index contributed by atoms with van der Waals surface area (Å²) < 4.78 is 10.6. The van der Waals surface area contributed by atoms with E-state index >= 15 is 0 Å². The highest BCUT2D eigenvalue weighted by Crippen LogP contribution is 2.29. The van der Waals surface area contributed by atoms with Crippen molar-refractivity contribution in [2.75, 3.05) is 11.9 Å². The smallest absolute Gasteiger partial charge is 0.310 e. The third kappa shape index (κ3) is 5.83. The molecule has 2 atom stereocenters. The highest BCUT2D eigenvalue weighted by molar-refractivity contribution is 5.99. The van der Waals surface area contributed by atoms with Gasteiger partial charge in [-0.05, 0) is 30.0 Å². The Hall–Kier alpha value is -3.35. The van der Waals surface area contributed by atoms with Crippen molar-refractivity contribution in [3.63, 3.8) is 0 Å². The molecule has 0 aromatic heterocycles. The van der Waals surface area contributed by atoms with Gasteiger partial charge in [0.1, 0.15) is 5.75 Å². The first kappa shape index (κ1) is 21.4. The van der Waals surface area contributed by atoms with Crippen LogP contribution in [0.2, 0.25) is 0 Å². The monoisotopic (exact) mass is 410 g/mol. The number of amides is 2. The van der Waals surface area contributed by atoms with Crippen LogP contribution in [-0.4, -0.2) is 30.5 Å². The average Bonchev–Trinajstić information content (AvgIpc) is 2.72. The first-order valence-electron chi connectivity index (χ1n) is 9.99. The molecule has 0 saturated carbocycles. The van der Waals surface area contributed by atoms with Gasteiger partial charge in [0.2, 0.25) is 0 Å². The molecule has 1 aliphatic heterocycles. The second-order valence-corrected chi connectivity index (χ2v) is 7.62. The number of rotatable bonds is 8. The maximum atomic E-state index is 12.3. The summed E-state index contributed by atoms with van der Waals surface area (Å²) in [6.45, 7) is 3.75. The summed E-state index contributed by atoms with van der Waals surface area (Å²) in [4.78, 5) is 36.6. The number of para-hydroxylation sites is 2. The fourth-order valence-corrected chi connectivity index (χ4v) is 3.25. The van der Waals surface area contributed by atoms with Crippen LogP contribution < -0.4 is 15.4 Å². The largest absolute Gasteiger partial charge is 0.478 e. The van der Waals surface area contributed by atoms with Crippen LogP contribution in [0.4, 0.5) is 5.69 Å². The van der Waals surface area contributed by atoms with Crippen molar-refractivity contribution in [2.45, 2.75) is 38.8 Å². The van der Waals surface area contributed by atoms with Crippen LogP contribution in [0.5, 0.6) is 5.75 Å². The third-order valence-electron chi connectivity index (χ3n) is 4.67. The molecule has 0 radical (unpaired) electrons. The molecule has 7 heteroatoms. The van der Waals surface area contributed by atoms with Gasteiger partial charge in [-0.1, -0.05) is 56.3 Å². The summed E-state index contributed by atoms with van der Waals surface area (Å²) in [6.07, 6.45) is -0.505. The number of hydrogen-bond acceptors (Lipinski definition) is 5. The van der Waals surface area contributed by atoms with Crippen molar-refractivity contribution in [1.82, 2.24) is 5.32 Å². The van der Waals surface area contributed by atoms with E-state index in [-0.39, 0.29) is 12.5 Å². The summed E-state index contributed by atoms with van der Waals surface area (Å²) in [5, 5.41) is 5.61. The van der Waals surface area contributed by atoms with E-state index in [4.69, 9.17) is 9.47 Å². The minimum Gasteiger partial charge on any atom is -0.478 e. The molecule has 7 nitrogen and oxygen atoms in total. The fourth-order valence-electron chi connectivity index (χ4n) is 3.25. The van der Waals surface area contributed by atoms with Gasteiger partial charge in [-0.3, -0.25) is 14.4 Å². The second kappa shape index (κ2) is 9.91. The molecule has 30 heavy (non-hydrogen) atoms. The van der Waals surface area contributed by atoms with E-state index in [9.17, 15) is 14.4 Å². The van der Waals surface area contributed by atoms with Crippen LogP contribution in [-0.2, 0) is 19.1 Å². The summed E-state index contributed by atoms with van der Waals surface area (Å²) in [6, 6.07) is 16.5. The van der Waals surface area contributed by atoms with Gasteiger partial charge in [0.05, 0.1) is 18.2 Å². The van der Waals surface area contributed by atoms with E-state index in [1.54, 1.807) is 24.3 Å². The second-order valence-electron chi connectivity index (χ2n) is 7.62. The Kier molecular flexibility index (Phi) is 7.06. The summed E-state index contributed by atoms with van der Waals surface area (Å²) in [5.41, 5.74) is 1.56. The van der Waals surface area contributed by atoms with Gasteiger partial charge in [-0.15, -0.1) is 0 Å². The third-order valence-corrected chi connectivity index (χ3v) is 4.67. The van der Waals surface area contributed by atoms with Crippen LogP contribution >= 0.6 is 0 Å². The van der Waals surface area contributed by atoms with Gasteiger partial charge in [-0.2, -0.15) is 0 Å². The number of nitrogens with one attached hydrogen (secondary N) is 2. The minimum atomic E-state index is -0.992. The maximum absolute atomic E-state index is 12.3. The van der Waals surface area contributed by atoms with Crippen molar-refractivity contribution >= 4 is 23.5 Å². The van der Waals surface area contributed by atoms with E-state index in [2.05, 4.69) is 24.5 Å². The fraction of sp³-hybridized carbons (Fsp3) is 0.348. The van der Waals surface area contributed by atoms with E-state index in [0.29, 0.717) is 17.4 Å². The molecule has 0 aliphatic carbocycles. The van der Waals surface area contributed by atoms with Crippen LogP contribution in [0.15, 0.2) is 54.6 Å². The molecule has 0 spiro atoms. The molecule has 1 aliphatic rings. The zero-order chi connectivity index (χ0) is 21.5. The Morgan fingerprint density at radius 1 is 1.10 bits per heavy atom. The molecule has 0 unspecified atom stereocenters. The van der Waals surface area contributed by atoms with Gasteiger partial charge in [0, 0.05) is 0 Å². The lowest BCUT2D eigenvalue weighted by Gasteiger charge is -2.25. The number of carbonyl (C=O) groups is 3. The first-order chi connectivity index (χ1) is 14.4. The Bertz CT molecular complexity index is 897. The highest BCUT2D eigenvalue weighted by atomic mass is 16.5. The zero-order valence-corrected chi connectivity index (χ0v) is 17.1. The van der Waals surface area contributed by atoms with E-state index in [1.807, 2.05) is 30.3 Å². The molecule has 0 fully saturated rings. The topological polar surface area (TPSA) is 93.7 Å². The molecule has 3 rings (SSSR count). The first-order valence-corrected chi connectivity index (χ1v) is 9.99. The molecule has 2 N–H and O–H groups in total. The lowest BCUT2D eigenvalue weighted by atomic mass is 9.97. The lowest BCUT2D eigenvalue weighted by molar-refractivity contribution is -0.151. The Morgan fingerprint density at radius 3 is 2.53 bits per heavy atom. The summed E-state index contributed by atoms with van der Waals surface area (Å²) in [7, 11) is 0. The van der Waals surface area contributed by atoms with E-state index in [0.717, 1.165) is 12.0 Å². The molecule has 0 saturated heterocycles. The van der Waals surface area contributed by atoms with Crippen LogP contribution in [0.25, 0.3) is 0 Å². The zero-order valence-electron chi connectivity index (χ0n) is 17.1. The Labute approximate surface area is 175 Å². The van der Waals surface area contributed by atoms with Crippen LogP contribution in [0, 0.1) is 5.92 Å². The summed E-state index contributed by atoms with van der Waals surface area (Å²) >= 11 is 0. The number of anilines is 1. The molecule has 2 aromatic rings. The maximum Gasteiger partial charge on any atom is 0.310 e. The molecule has 1 heterocycles. The van der Waals surface area contributed by atoms with Gasteiger partial charge >= 0.3 is 5.97 Å². The predicted octanol–water partition coefficient (Wildman–Crippen LogP) is 3.22. The normalized spacial score (nSPS) is 16.1. The van der Waals surface area contributed by atoms with Crippen molar-refractivity contribution in [3.8, 4) is 5.75 Å². The van der Waals surface area contributed by atoms with Gasteiger partial charge in [0.25, 0.3) is 11.8 Å². The number of benzene rings is 2. The Balaban J connectivity index is 1.50. The van der Waals surface area contributed by atoms with Gasteiger partial charge in [-0.25, -0.2) is 0 Å². The number of carbonyl (C=O) groups excluding carboxylic acids is 3. The van der Waals surface area contributed by atoms with Gasteiger partial charge in [0.15, 0.2) is 12.7 Å². The lowest BCUT2D eigenvalue weighted by Crippen LogP contribution is -2.39. The number of fused-ring (bicyclic) bond motifs is 1. The quantitative estimate of drug-likeness (QED) is 0.652. The number of hydrogen-bond donors (Lipinski definition) is 2. The average molecular weight is 410 g/mol. The van der Waals surface area contributed by atoms with Crippen LogP contribution in [0.3, 0.4) is 0 Å². The molecule has 2 aromatic carbocycles. The van der Waals surface area contributed by atoms with Crippen molar-refractivity contribution in [1.29, 1.82) is 0 Å². The summed E-state index contributed by atoms with van der Waals surface area (Å²) in [5.74, 6) is -0.617. The molecule has 0 bridgehead atoms. The number of esters is 1. The van der Waals surface area contributed by atoms with E-state index in [1.165, 1.54) is 0 Å². The van der Waals surface area contributed by atoms with Crippen molar-refractivity contribution in [2.24, 2.45) is 5.92 Å². The molecular formula is C23H26N2O5. The Morgan fingerprint density at radius 2 is 1.80 bits per heavy atom. The highest BCUT2D eigenvalue weighted by Gasteiger charge is 2.30.